The molecule has 5 nitrogen and oxygen atoms in total. The molecule has 2 rings (SSSR count). The molecule has 1 heterocycles. The van der Waals surface area contributed by atoms with Crippen molar-refractivity contribution in [3.8, 4) is 0 Å². The fraction of sp³-hybridized carbons (Fsp3) is 0.214. The summed E-state index contributed by atoms with van der Waals surface area (Å²) in [6, 6.07) is 6.67. The average Bonchev–Trinajstić information content (AvgIpc) is 2.28. The minimum atomic E-state index is -3.50. The maximum Gasteiger partial charge on any atom is 0.261 e. The molecular weight excluding hydrogens is 276 g/mol. The Morgan fingerprint density at radius 2 is 1.75 bits per heavy atom. The SMILES string of the molecule is CC(=O)Nc1ccc(N2C(C)=CC(C)=CS2(=O)=O)cc1. The molecule has 1 aliphatic heterocycles. The van der Waals surface area contributed by atoms with Crippen LogP contribution in [0.3, 0.4) is 0 Å². The smallest absolute Gasteiger partial charge is 0.261 e. The number of hydrogen-bond acceptors (Lipinski definition) is 3. The van der Waals surface area contributed by atoms with Crippen LogP contribution < -0.4 is 9.62 Å². The Morgan fingerprint density at radius 3 is 2.25 bits per heavy atom. The van der Waals surface area contributed by atoms with Crippen molar-refractivity contribution in [1.82, 2.24) is 0 Å². The van der Waals surface area contributed by atoms with Crippen molar-refractivity contribution < 1.29 is 13.2 Å². The van der Waals surface area contributed by atoms with Crippen molar-refractivity contribution in [3.63, 3.8) is 0 Å². The van der Waals surface area contributed by atoms with Crippen LogP contribution in [0.1, 0.15) is 20.8 Å². The molecule has 106 valence electrons. The normalized spacial score (nSPS) is 17.2. The number of carbonyl (C=O) groups is 1. The van der Waals surface area contributed by atoms with Crippen molar-refractivity contribution in [3.05, 3.63) is 47.0 Å². The van der Waals surface area contributed by atoms with Gasteiger partial charge in [0.25, 0.3) is 10.0 Å². The van der Waals surface area contributed by atoms with Crippen LogP contribution in [0, 0.1) is 0 Å². The molecule has 20 heavy (non-hydrogen) atoms. The maximum atomic E-state index is 12.2. The predicted octanol–water partition coefficient (Wildman–Crippen LogP) is 2.60. The van der Waals surface area contributed by atoms with E-state index in [9.17, 15) is 13.2 Å². The molecule has 0 saturated carbocycles. The number of sulfonamides is 1. The van der Waals surface area contributed by atoms with E-state index in [0.717, 1.165) is 0 Å². The highest BCUT2D eigenvalue weighted by molar-refractivity contribution is 7.95. The molecule has 1 aromatic carbocycles. The molecule has 0 saturated heterocycles. The molecule has 0 spiro atoms. The van der Waals surface area contributed by atoms with Gasteiger partial charge >= 0.3 is 0 Å². The Labute approximate surface area is 118 Å². The van der Waals surface area contributed by atoms with E-state index in [-0.39, 0.29) is 5.91 Å². The van der Waals surface area contributed by atoms with E-state index in [1.807, 2.05) is 6.08 Å². The molecule has 0 atom stereocenters. The molecule has 1 N–H and O–H groups in total. The van der Waals surface area contributed by atoms with E-state index < -0.39 is 10.0 Å². The zero-order valence-corrected chi connectivity index (χ0v) is 12.4. The second kappa shape index (κ2) is 5.13. The molecule has 0 aliphatic carbocycles. The van der Waals surface area contributed by atoms with Gasteiger partial charge in [0.1, 0.15) is 0 Å². The summed E-state index contributed by atoms with van der Waals surface area (Å²) in [5.41, 5.74) is 2.51. The first-order valence-corrected chi connectivity index (χ1v) is 7.59. The summed E-state index contributed by atoms with van der Waals surface area (Å²) >= 11 is 0. The number of carbonyl (C=O) groups excluding carboxylic acids is 1. The maximum absolute atomic E-state index is 12.2. The molecule has 0 fully saturated rings. The van der Waals surface area contributed by atoms with Gasteiger partial charge in [-0.05, 0) is 49.8 Å². The third kappa shape index (κ3) is 2.91. The highest BCUT2D eigenvalue weighted by Gasteiger charge is 2.25. The Kier molecular flexibility index (Phi) is 3.67. The van der Waals surface area contributed by atoms with Crippen LogP contribution in [-0.4, -0.2) is 14.3 Å². The quantitative estimate of drug-likeness (QED) is 0.911. The molecule has 0 unspecified atom stereocenters. The Hall–Kier alpha value is -2.08. The Bertz CT molecular complexity index is 700. The van der Waals surface area contributed by atoms with Gasteiger partial charge in [-0.15, -0.1) is 0 Å². The predicted molar refractivity (Wildman–Crippen MR) is 79.7 cm³/mol. The lowest BCUT2D eigenvalue weighted by atomic mass is 10.2. The Balaban J connectivity index is 2.37. The van der Waals surface area contributed by atoms with Crippen LogP contribution in [0.15, 0.2) is 47.0 Å². The molecule has 0 radical (unpaired) electrons. The van der Waals surface area contributed by atoms with Crippen LogP contribution in [-0.2, 0) is 14.8 Å². The van der Waals surface area contributed by atoms with Crippen LogP contribution in [0.4, 0.5) is 11.4 Å². The lowest BCUT2D eigenvalue weighted by molar-refractivity contribution is -0.114. The van der Waals surface area contributed by atoms with Gasteiger partial charge in [-0.2, -0.15) is 0 Å². The number of nitrogens with one attached hydrogen (secondary N) is 1. The Morgan fingerprint density at radius 1 is 1.15 bits per heavy atom. The number of hydrogen-bond donors (Lipinski definition) is 1. The third-order valence-electron chi connectivity index (χ3n) is 2.77. The van der Waals surface area contributed by atoms with Gasteiger partial charge in [-0.3, -0.25) is 4.79 Å². The van der Waals surface area contributed by atoms with Gasteiger partial charge in [-0.25, -0.2) is 12.7 Å². The molecule has 6 heteroatoms. The van der Waals surface area contributed by atoms with Crippen molar-refractivity contribution in [2.45, 2.75) is 20.8 Å². The van der Waals surface area contributed by atoms with Crippen molar-refractivity contribution >= 4 is 27.3 Å². The summed E-state index contributed by atoms with van der Waals surface area (Å²) in [7, 11) is -3.50. The van der Waals surface area contributed by atoms with Gasteiger partial charge in [-0.1, -0.05) is 0 Å². The van der Waals surface area contributed by atoms with Gasteiger partial charge < -0.3 is 5.32 Å². The summed E-state index contributed by atoms with van der Waals surface area (Å²) in [5.74, 6) is -0.169. The fourth-order valence-electron chi connectivity index (χ4n) is 2.14. The van der Waals surface area contributed by atoms with Crippen molar-refractivity contribution in [2.75, 3.05) is 9.62 Å². The van der Waals surface area contributed by atoms with E-state index in [1.54, 1.807) is 38.1 Å². The first-order chi connectivity index (χ1) is 9.29. The fourth-order valence-corrected chi connectivity index (χ4v) is 3.66. The molecule has 0 bridgehead atoms. The van der Waals surface area contributed by atoms with Crippen molar-refractivity contribution in [1.29, 1.82) is 0 Å². The molecule has 1 aromatic rings. The second-order valence-electron chi connectivity index (χ2n) is 4.68. The standard InChI is InChI=1S/C14H16N2O3S/c1-10-8-11(2)16(20(18,19)9-10)14-6-4-13(5-7-14)15-12(3)17/h4-9H,1-3H3,(H,15,17). The number of allylic oxidation sites excluding steroid dienone is 3. The summed E-state index contributed by atoms with van der Waals surface area (Å²) in [5, 5.41) is 3.88. The first kappa shape index (κ1) is 14.3. The number of rotatable bonds is 2. The minimum Gasteiger partial charge on any atom is -0.326 e. The van der Waals surface area contributed by atoms with Crippen LogP contribution in [0.25, 0.3) is 0 Å². The van der Waals surface area contributed by atoms with Gasteiger partial charge in [0.15, 0.2) is 0 Å². The van der Waals surface area contributed by atoms with Crippen LogP contribution in [0.5, 0.6) is 0 Å². The lowest BCUT2D eigenvalue weighted by Crippen LogP contribution is -2.29. The van der Waals surface area contributed by atoms with E-state index in [2.05, 4.69) is 5.32 Å². The highest BCUT2D eigenvalue weighted by atomic mass is 32.2. The van der Waals surface area contributed by atoms with E-state index in [4.69, 9.17) is 0 Å². The van der Waals surface area contributed by atoms with Crippen LogP contribution in [0.2, 0.25) is 0 Å². The molecule has 1 amide bonds. The zero-order valence-electron chi connectivity index (χ0n) is 11.5. The number of nitrogens with zero attached hydrogens (tertiary/aromatic N) is 1. The second-order valence-corrected chi connectivity index (χ2v) is 6.32. The monoisotopic (exact) mass is 292 g/mol. The topological polar surface area (TPSA) is 66.5 Å². The van der Waals surface area contributed by atoms with Crippen LogP contribution >= 0.6 is 0 Å². The van der Waals surface area contributed by atoms with E-state index >= 15 is 0 Å². The summed E-state index contributed by atoms with van der Waals surface area (Å²) in [6.45, 7) is 4.91. The van der Waals surface area contributed by atoms with Crippen molar-refractivity contribution in [2.24, 2.45) is 0 Å². The lowest BCUT2D eigenvalue weighted by Gasteiger charge is -2.26. The third-order valence-corrected chi connectivity index (χ3v) is 4.45. The first-order valence-electron chi connectivity index (χ1n) is 6.09. The summed E-state index contributed by atoms with van der Waals surface area (Å²) < 4.78 is 25.7. The number of amides is 1. The van der Waals surface area contributed by atoms with Gasteiger partial charge in [0.2, 0.25) is 5.91 Å². The number of benzene rings is 1. The highest BCUT2D eigenvalue weighted by Crippen LogP contribution is 2.29. The minimum absolute atomic E-state index is 0.169. The summed E-state index contributed by atoms with van der Waals surface area (Å²) in [6.07, 6.45) is 1.81. The van der Waals surface area contributed by atoms with E-state index in [1.165, 1.54) is 16.6 Å². The van der Waals surface area contributed by atoms with Gasteiger partial charge in [0.05, 0.1) is 11.1 Å². The summed E-state index contributed by atoms with van der Waals surface area (Å²) in [4.78, 5) is 11.0. The van der Waals surface area contributed by atoms with Gasteiger partial charge in [0, 0.05) is 18.3 Å². The molecule has 0 aromatic heterocycles. The largest absolute Gasteiger partial charge is 0.326 e. The number of anilines is 2. The zero-order chi connectivity index (χ0) is 14.9. The molecule has 1 aliphatic rings. The molecular formula is C14H16N2O3S. The van der Waals surface area contributed by atoms with E-state index in [0.29, 0.717) is 22.6 Å². The average molecular weight is 292 g/mol.